The fraction of sp³-hybridized carbons (Fsp3) is 0.533. The first-order valence-corrected chi connectivity index (χ1v) is 14.4. The van der Waals surface area contributed by atoms with Crippen LogP contribution < -0.4 is 20.1 Å². The lowest BCUT2D eigenvalue weighted by molar-refractivity contribution is 0.111. The lowest BCUT2D eigenvalue weighted by atomic mass is 9.68. The third-order valence-electron chi connectivity index (χ3n) is 9.48. The van der Waals surface area contributed by atoms with Crippen LogP contribution in [0.5, 0.6) is 11.8 Å². The molecule has 208 valence electrons. The van der Waals surface area contributed by atoms with Gasteiger partial charge in [-0.15, -0.1) is 0 Å². The minimum absolute atomic E-state index is 0.0624. The number of aromatic nitrogens is 3. The van der Waals surface area contributed by atoms with Crippen molar-refractivity contribution in [3.05, 3.63) is 40.1 Å². The number of nitriles is 1. The maximum absolute atomic E-state index is 10.1. The van der Waals surface area contributed by atoms with Crippen LogP contribution in [0.15, 0.2) is 16.7 Å². The van der Waals surface area contributed by atoms with E-state index < -0.39 is 5.41 Å². The molecule has 1 spiro atoms. The normalized spacial score (nSPS) is 24.2. The van der Waals surface area contributed by atoms with Gasteiger partial charge in [0, 0.05) is 24.3 Å². The quantitative estimate of drug-likeness (QED) is 0.487. The molecule has 1 aromatic carbocycles. The number of rotatable bonds is 4. The number of nitrogen functional groups attached to an aromatic ring is 1. The molecule has 10 nitrogen and oxygen atoms in total. The summed E-state index contributed by atoms with van der Waals surface area (Å²) in [6.07, 6.45) is 6.58. The zero-order valence-corrected chi connectivity index (χ0v) is 23.4. The Hall–Kier alpha value is -3.84. The van der Waals surface area contributed by atoms with E-state index in [0.717, 1.165) is 74.9 Å². The first-order chi connectivity index (χ1) is 19.4. The molecule has 0 bridgehead atoms. The molecule has 0 amide bonds. The number of nitrogens with zero attached hydrogens (tertiary/aromatic N) is 6. The summed E-state index contributed by atoms with van der Waals surface area (Å²) in [5, 5.41) is 14.7. The summed E-state index contributed by atoms with van der Waals surface area (Å²) in [5.74, 6) is 2.14. The molecular weight excluding hydrogens is 506 g/mol. The van der Waals surface area contributed by atoms with Crippen LogP contribution in [0.3, 0.4) is 0 Å². The standard InChI is InChI=1S/C30H35N7O3/c1-17(22-7-5-13-36(22)2)39-29-33-25(26-28(34-29)37(3)14-15-38-26)24-19-6-4-11-30(27(19)40-35-24)12-10-18-8-9-21(32)20(16-31)23(18)30/h8-9,17,22H,4-7,10-15,32H2,1-3H3/t17-,22-,30-/m0/s1. The number of ether oxygens (including phenoxy) is 2. The van der Waals surface area contributed by atoms with Crippen molar-refractivity contribution < 1.29 is 14.0 Å². The highest BCUT2D eigenvalue weighted by Gasteiger charge is 2.49. The Bertz CT molecular complexity index is 1530. The van der Waals surface area contributed by atoms with Crippen molar-refractivity contribution in [1.29, 1.82) is 5.26 Å². The Morgan fingerprint density at radius 3 is 2.83 bits per heavy atom. The first-order valence-electron chi connectivity index (χ1n) is 14.4. The number of hydrogen-bond acceptors (Lipinski definition) is 10. The monoisotopic (exact) mass is 541 g/mol. The van der Waals surface area contributed by atoms with E-state index in [0.29, 0.717) is 52.9 Å². The fourth-order valence-corrected chi connectivity index (χ4v) is 7.46. The molecule has 1 saturated heterocycles. The van der Waals surface area contributed by atoms with Gasteiger partial charge in [0.1, 0.15) is 30.2 Å². The van der Waals surface area contributed by atoms with Gasteiger partial charge in [0.25, 0.3) is 0 Å². The van der Waals surface area contributed by atoms with E-state index in [4.69, 9.17) is 29.7 Å². The Kier molecular flexibility index (Phi) is 5.89. The van der Waals surface area contributed by atoms with Crippen LogP contribution in [0.1, 0.15) is 67.0 Å². The molecule has 7 rings (SSSR count). The van der Waals surface area contributed by atoms with Gasteiger partial charge in [-0.25, -0.2) is 0 Å². The minimum atomic E-state index is -0.416. The number of likely N-dealkylation sites (tertiary alicyclic amines) is 1. The van der Waals surface area contributed by atoms with Crippen LogP contribution in [0.2, 0.25) is 0 Å². The third-order valence-corrected chi connectivity index (χ3v) is 9.48. The van der Waals surface area contributed by atoms with E-state index in [1.807, 2.05) is 13.1 Å². The van der Waals surface area contributed by atoms with Crippen molar-refractivity contribution in [2.75, 3.05) is 44.4 Å². The van der Waals surface area contributed by atoms with Gasteiger partial charge >= 0.3 is 6.01 Å². The summed E-state index contributed by atoms with van der Waals surface area (Å²) in [6.45, 7) is 4.41. The number of nitrogens with two attached hydrogens (primary N) is 1. The van der Waals surface area contributed by atoms with Gasteiger partial charge in [-0.05, 0) is 82.7 Å². The van der Waals surface area contributed by atoms with Gasteiger partial charge in [-0.3, -0.25) is 4.90 Å². The lowest BCUT2D eigenvalue weighted by Gasteiger charge is -2.33. The number of hydrogen-bond donors (Lipinski definition) is 1. The average Bonchev–Trinajstić information content (AvgIpc) is 3.67. The Labute approximate surface area is 234 Å². The van der Waals surface area contributed by atoms with Crippen molar-refractivity contribution in [1.82, 2.24) is 20.0 Å². The fourth-order valence-electron chi connectivity index (χ4n) is 7.46. The Morgan fingerprint density at radius 2 is 2.02 bits per heavy atom. The van der Waals surface area contributed by atoms with E-state index in [9.17, 15) is 5.26 Å². The second-order valence-corrected chi connectivity index (χ2v) is 11.7. The molecule has 3 atom stereocenters. The summed E-state index contributed by atoms with van der Waals surface area (Å²) in [5.41, 5.74) is 11.4. The summed E-state index contributed by atoms with van der Waals surface area (Å²) in [7, 11) is 4.15. The van der Waals surface area contributed by atoms with E-state index >= 15 is 0 Å². The third kappa shape index (κ3) is 3.67. The van der Waals surface area contributed by atoms with Gasteiger partial charge in [0.2, 0.25) is 0 Å². The van der Waals surface area contributed by atoms with E-state index in [1.54, 1.807) is 0 Å². The second kappa shape index (κ2) is 9.37. The molecular formula is C30H35N7O3. The minimum Gasteiger partial charge on any atom is -0.486 e. The van der Waals surface area contributed by atoms with Crippen molar-refractivity contribution in [2.45, 2.75) is 69.4 Å². The van der Waals surface area contributed by atoms with E-state index in [-0.39, 0.29) is 6.10 Å². The molecule has 40 heavy (non-hydrogen) atoms. The van der Waals surface area contributed by atoms with Gasteiger partial charge in [0.05, 0.1) is 17.5 Å². The topological polar surface area (TPSA) is 127 Å². The predicted octanol–water partition coefficient (Wildman–Crippen LogP) is 3.84. The molecule has 2 N–H and O–H groups in total. The van der Waals surface area contributed by atoms with Crippen molar-refractivity contribution in [2.24, 2.45) is 0 Å². The van der Waals surface area contributed by atoms with Crippen molar-refractivity contribution in [3.63, 3.8) is 0 Å². The van der Waals surface area contributed by atoms with Crippen molar-refractivity contribution in [3.8, 4) is 29.2 Å². The summed E-state index contributed by atoms with van der Waals surface area (Å²) < 4.78 is 18.8. The Morgan fingerprint density at radius 1 is 1.15 bits per heavy atom. The van der Waals surface area contributed by atoms with Gasteiger partial charge in [0.15, 0.2) is 17.3 Å². The Balaban J connectivity index is 1.34. The molecule has 0 radical (unpaired) electrons. The second-order valence-electron chi connectivity index (χ2n) is 11.7. The highest BCUT2D eigenvalue weighted by Crippen LogP contribution is 2.55. The molecule has 2 aromatic heterocycles. The predicted molar refractivity (Wildman–Crippen MR) is 150 cm³/mol. The van der Waals surface area contributed by atoms with Crippen LogP contribution in [0, 0.1) is 11.3 Å². The molecule has 4 aliphatic rings. The maximum atomic E-state index is 10.1. The number of likely N-dealkylation sites (N-methyl/N-ethyl adjacent to an activating group) is 2. The number of fused-ring (bicyclic) bond motifs is 5. The van der Waals surface area contributed by atoms with E-state index in [2.05, 4.69) is 41.1 Å². The smallest absolute Gasteiger partial charge is 0.319 e. The van der Waals surface area contributed by atoms with Gasteiger partial charge < -0.3 is 24.6 Å². The average molecular weight is 542 g/mol. The molecule has 2 aliphatic heterocycles. The number of aryl methyl sites for hydroxylation is 1. The van der Waals surface area contributed by atoms with Gasteiger partial charge in [-0.2, -0.15) is 15.2 Å². The SMILES string of the molecule is C[C@H](Oc1nc(-c2noc3c2CCC[C@@]32CCc3ccc(N)c(C#N)c32)c2c(n1)N(C)CCO2)[C@@H]1CCCN1C. The first kappa shape index (κ1) is 25.1. The van der Waals surface area contributed by atoms with Crippen molar-refractivity contribution >= 4 is 11.5 Å². The van der Waals surface area contributed by atoms with Crippen LogP contribution >= 0.6 is 0 Å². The maximum Gasteiger partial charge on any atom is 0.319 e. The van der Waals surface area contributed by atoms with Crippen LogP contribution in [0.25, 0.3) is 11.4 Å². The summed E-state index contributed by atoms with van der Waals surface area (Å²) in [4.78, 5) is 14.1. The van der Waals surface area contributed by atoms with E-state index in [1.165, 1.54) is 5.56 Å². The molecule has 0 unspecified atom stereocenters. The van der Waals surface area contributed by atoms with Crippen LogP contribution in [-0.2, 0) is 18.3 Å². The highest BCUT2D eigenvalue weighted by atomic mass is 16.5. The zero-order chi connectivity index (χ0) is 27.6. The van der Waals surface area contributed by atoms with Crippen LogP contribution in [-0.4, -0.2) is 66.0 Å². The molecule has 0 saturated carbocycles. The van der Waals surface area contributed by atoms with Gasteiger partial charge in [-0.1, -0.05) is 11.2 Å². The molecule has 1 fully saturated rings. The summed E-state index contributed by atoms with van der Waals surface area (Å²) in [6, 6.07) is 6.93. The molecule has 10 heteroatoms. The number of benzene rings is 1. The number of anilines is 2. The molecule has 4 heterocycles. The largest absolute Gasteiger partial charge is 0.486 e. The summed E-state index contributed by atoms with van der Waals surface area (Å²) >= 11 is 0. The molecule has 3 aromatic rings. The van der Waals surface area contributed by atoms with Crippen LogP contribution in [0.4, 0.5) is 11.5 Å². The lowest BCUT2D eigenvalue weighted by Crippen LogP contribution is -2.38. The highest BCUT2D eigenvalue weighted by molar-refractivity contribution is 5.76. The molecule has 2 aliphatic carbocycles. The zero-order valence-electron chi connectivity index (χ0n) is 23.4.